The number of likely N-dealkylation sites (N-methyl/N-ethyl adjacent to an activating group) is 1. The minimum Gasteiger partial charge on any atom is -0.349 e. The second kappa shape index (κ2) is 7.62. The van der Waals surface area contributed by atoms with Crippen molar-refractivity contribution in [2.75, 3.05) is 20.6 Å². The molecule has 2 aromatic rings. The highest BCUT2D eigenvalue weighted by molar-refractivity contribution is 5.92. The number of benzene rings is 1. The van der Waals surface area contributed by atoms with Gasteiger partial charge in [0.05, 0.1) is 11.7 Å². The fourth-order valence-corrected chi connectivity index (χ4v) is 2.80. The topological polar surface area (TPSA) is 50.2 Å². The van der Waals surface area contributed by atoms with Crippen LogP contribution in [0.25, 0.3) is 0 Å². The number of nitrogens with one attached hydrogen (secondary N) is 1. The number of carbonyl (C=O) groups is 1. The summed E-state index contributed by atoms with van der Waals surface area (Å²) < 4.78 is 1.66. The zero-order chi connectivity index (χ0) is 17.9. The predicted molar refractivity (Wildman–Crippen MR) is 97.2 cm³/mol. The van der Waals surface area contributed by atoms with E-state index in [-0.39, 0.29) is 11.9 Å². The molecule has 5 nitrogen and oxygen atoms in total. The molecule has 0 aliphatic rings. The Balaban J connectivity index is 2.12. The Morgan fingerprint density at radius 2 is 1.96 bits per heavy atom. The summed E-state index contributed by atoms with van der Waals surface area (Å²) in [7, 11) is 5.87. The summed E-state index contributed by atoms with van der Waals surface area (Å²) in [5.74, 6) is 0.219. The van der Waals surface area contributed by atoms with Crippen molar-refractivity contribution in [2.24, 2.45) is 7.05 Å². The number of aryl methyl sites for hydroxylation is 2. The molecule has 1 N–H and O–H groups in total. The van der Waals surface area contributed by atoms with E-state index in [1.54, 1.807) is 4.68 Å². The van der Waals surface area contributed by atoms with Gasteiger partial charge in [0.15, 0.2) is 0 Å². The first-order valence-corrected chi connectivity index (χ1v) is 8.35. The first-order chi connectivity index (χ1) is 11.3. The number of nitrogens with zero attached hydrogens (tertiary/aromatic N) is 3. The summed E-state index contributed by atoms with van der Waals surface area (Å²) in [5.41, 5.74) is 4.00. The molecule has 1 amide bonds. The second-order valence-electron chi connectivity index (χ2n) is 6.78. The molecule has 0 fully saturated rings. The Labute approximate surface area is 144 Å². The van der Waals surface area contributed by atoms with Crippen LogP contribution >= 0.6 is 0 Å². The van der Waals surface area contributed by atoms with E-state index in [9.17, 15) is 4.79 Å². The minimum atomic E-state index is -0.0858. The number of hydrogen-bond acceptors (Lipinski definition) is 3. The van der Waals surface area contributed by atoms with E-state index in [4.69, 9.17) is 0 Å². The molecule has 1 atom stereocenters. The van der Waals surface area contributed by atoms with Crippen LogP contribution in [0.4, 0.5) is 0 Å². The zero-order valence-corrected chi connectivity index (χ0v) is 15.5. The van der Waals surface area contributed by atoms with Crippen LogP contribution in [0.15, 0.2) is 30.3 Å². The van der Waals surface area contributed by atoms with Crippen molar-refractivity contribution < 1.29 is 4.79 Å². The highest BCUT2D eigenvalue weighted by atomic mass is 16.2. The first kappa shape index (κ1) is 18.2. The largest absolute Gasteiger partial charge is 0.349 e. The molecule has 1 aromatic carbocycles. The van der Waals surface area contributed by atoms with E-state index < -0.39 is 0 Å². The van der Waals surface area contributed by atoms with E-state index in [2.05, 4.69) is 48.2 Å². The van der Waals surface area contributed by atoms with Crippen molar-refractivity contribution in [1.29, 1.82) is 0 Å². The molecule has 130 valence electrons. The zero-order valence-electron chi connectivity index (χ0n) is 15.5. The van der Waals surface area contributed by atoms with E-state index >= 15 is 0 Å². The fraction of sp³-hybridized carbons (Fsp3) is 0.474. The van der Waals surface area contributed by atoms with Crippen molar-refractivity contribution in [3.63, 3.8) is 0 Å². The monoisotopic (exact) mass is 328 g/mol. The molecular weight excluding hydrogens is 300 g/mol. The van der Waals surface area contributed by atoms with Crippen LogP contribution < -0.4 is 5.32 Å². The van der Waals surface area contributed by atoms with Crippen LogP contribution in [0.2, 0.25) is 0 Å². The van der Waals surface area contributed by atoms with Gasteiger partial charge in [-0.05, 0) is 44.1 Å². The molecule has 1 heterocycles. The summed E-state index contributed by atoms with van der Waals surface area (Å²) in [5, 5.41) is 7.47. The molecule has 5 heteroatoms. The van der Waals surface area contributed by atoms with Gasteiger partial charge in [-0.3, -0.25) is 9.48 Å². The molecule has 1 aromatic heterocycles. The summed E-state index contributed by atoms with van der Waals surface area (Å²) in [6.45, 7) is 6.80. The Hall–Kier alpha value is -2.14. The van der Waals surface area contributed by atoms with Gasteiger partial charge in [0, 0.05) is 13.6 Å². The summed E-state index contributed by atoms with van der Waals surface area (Å²) >= 11 is 0. The molecule has 0 unspecified atom stereocenters. The maximum atomic E-state index is 12.6. The van der Waals surface area contributed by atoms with E-state index in [0.29, 0.717) is 18.2 Å². The van der Waals surface area contributed by atoms with E-state index in [0.717, 1.165) is 5.69 Å². The van der Waals surface area contributed by atoms with Gasteiger partial charge in [0.1, 0.15) is 5.69 Å². The van der Waals surface area contributed by atoms with Gasteiger partial charge >= 0.3 is 0 Å². The number of amides is 1. The van der Waals surface area contributed by atoms with Gasteiger partial charge in [0.2, 0.25) is 0 Å². The molecular formula is C19H28N4O. The fourth-order valence-electron chi connectivity index (χ4n) is 2.80. The lowest BCUT2D eigenvalue weighted by atomic mass is 10.0. The number of carbonyl (C=O) groups excluding carboxylic acids is 1. The quantitative estimate of drug-likeness (QED) is 0.887. The number of rotatable bonds is 6. The summed E-state index contributed by atoms with van der Waals surface area (Å²) in [4.78, 5) is 14.7. The third-order valence-corrected chi connectivity index (χ3v) is 4.35. The van der Waals surface area contributed by atoms with Crippen molar-refractivity contribution in [3.8, 4) is 0 Å². The lowest BCUT2D eigenvalue weighted by molar-refractivity contribution is 0.0932. The lowest BCUT2D eigenvalue weighted by Crippen LogP contribution is -2.35. The van der Waals surface area contributed by atoms with Crippen molar-refractivity contribution in [1.82, 2.24) is 20.0 Å². The Morgan fingerprint density at radius 1 is 1.29 bits per heavy atom. The van der Waals surface area contributed by atoms with Crippen LogP contribution in [0.3, 0.4) is 0 Å². The van der Waals surface area contributed by atoms with Crippen molar-refractivity contribution >= 4 is 5.91 Å². The smallest absolute Gasteiger partial charge is 0.269 e. The molecule has 0 aliphatic heterocycles. The highest BCUT2D eigenvalue weighted by Crippen LogP contribution is 2.21. The van der Waals surface area contributed by atoms with Gasteiger partial charge in [0.25, 0.3) is 5.91 Å². The normalized spacial score (nSPS) is 12.7. The maximum absolute atomic E-state index is 12.6. The third-order valence-electron chi connectivity index (χ3n) is 4.35. The molecule has 0 bridgehead atoms. The van der Waals surface area contributed by atoms with Gasteiger partial charge in [-0.1, -0.05) is 38.1 Å². The van der Waals surface area contributed by atoms with Gasteiger partial charge in [-0.2, -0.15) is 5.10 Å². The molecule has 0 spiro atoms. The third kappa shape index (κ3) is 4.03. The second-order valence-corrected chi connectivity index (χ2v) is 6.78. The standard InChI is InChI=1S/C19H28N4O/c1-13(2)16-11-17(23(6)21-16)19(24)20-12-18(22(4)5)15-10-8-7-9-14(15)3/h7-11,13,18H,12H2,1-6H3,(H,20,24)/t18-/m0/s1. The van der Waals surface area contributed by atoms with Crippen LogP contribution in [0, 0.1) is 6.92 Å². The van der Waals surface area contributed by atoms with Gasteiger partial charge in [-0.15, -0.1) is 0 Å². The SMILES string of the molecule is Cc1ccccc1[C@H](CNC(=O)c1cc(C(C)C)nn1C)N(C)C. The number of aromatic nitrogens is 2. The van der Waals surface area contributed by atoms with Crippen LogP contribution in [0.1, 0.15) is 53.1 Å². The summed E-state index contributed by atoms with van der Waals surface area (Å²) in [6.07, 6.45) is 0. The Bertz CT molecular complexity index is 703. The average molecular weight is 328 g/mol. The molecule has 0 aliphatic carbocycles. The van der Waals surface area contributed by atoms with Crippen molar-refractivity contribution in [3.05, 3.63) is 52.8 Å². The average Bonchev–Trinajstić information content (AvgIpc) is 2.91. The van der Waals surface area contributed by atoms with Crippen LogP contribution in [0.5, 0.6) is 0 Å². The van der Waals surface area contributed by atoms with E-state index in [1.165, 1.54) is 11.1 Å². The van der Waals surface area contributed by atoms with Gasteiger partial charge in [-0.25, -0.2) is 0 Å². The van der Waals surface area contributed by atoms with Crippen LogP contribution in [-0.4, -0.2) is 41.2 Å². The molecule has 0 radical (unpaired) electrons. The lowest BCUT2D eigenvalue weighted by Gasteiger charge is -2.26. The minimum absolute atomic E-state index is 0.0858. The first-order valence-electron chi connectivity index (χ1n) is 8.35. The van der Waals surface area contributed by atoms with Gasteiger partial charge < -0.3 is 10.2 Å². The molecule has 0 saturated carbocycles. The molecule has 2 rings (SSSR count). The Morgan fingerprint density at radius 3 is 2.50 bits per heavy atom. The van der Waals surface area contributed by atoms with Crippen LogP contribution in [-0.2, 0) is 7.05 Å². The van der Waals surface area contributed by atoms with Crippen molar-refractivity contribution in [2.45, 2.75) is 32.7 Å². The Kier molecular flexibility index (Phi) is 5.78. The highest BCUT2D eigenvalue weighted by Gasteiger charge is 2.19. The van der Waals surface area contributed by atoms with E-state index in [1.807, 2.05) is 39.3 Å². The maximum Gasteiger partial charge on any atom is 0.269 e. The molecule has 0 saturated heterocycles. The predicted octanol–water partition coefficient (Wildman–Crippen LogP) is 2.88. The number of hydrogen-bond donors (Lipinski definition) is 1. The summed E-state index contributed by atoms with van der Waals surface area (Å²) in [6, 6.07) is 10.3. The molecule has 24 heavy (non-hydrogen) atoms.